The number of anilines is 2. The highest BCUT2D eigenvalue weighted by atomic mass is 32.1. The highest BCUT2D eigenvalue weighted by molar-refractivity contribution is 7.18. The van der Waals surface area contributed by atoms with E-state index in [1.165, 1.54) is 4.88 Å². The van der Waals surface area contributed by atoms with Gasteiger partial charge in [0.1, 0.15) is 16.5 Å². The van der Waals surface area contributed by atoms with Gasteiger partial charge in [-0.3, -0.25) is 0 Å². The lowest BCUT2D eigenvalue weighted by atomic mass is 10.1. The Labute approximate surface area is 127 Å². The fraction of sp³-hybridized carbons (Fsp3) is 0.250. The minimum Gasteiger partial charge on any atom is -0.396 e. The summed E-state index contributed by atoms with van der Waals surface area (Å²) in [5, 5.41) is 13.6. The molecule has 108 valence electrons. The van der Waals surface area contributed by atoms with Crippen LogP contribution in [0.15, 0.2) is 30.3 Å². The summed E-state index contributed by atoms with van der Waals surface area (Å²) in [6.07, 6.45) is 0.624. The third-order valence-electron chi connectivity index (χ3n) is 3.28. The lowest BCUT2D eigenvalue weighted by Crippen LogP contribution is -2.01. The fourth-order valence-electron chi connectivity index (χ4n) is 2.35. The molecule has 0 saturated carbocycles. The number of hydrogen-bond donors (Lipinski definition) is 2. The van der Waals surface area contributed by atoms with Crippen molar-refractivity contribution in [3.05, 3.63) is 46.6 Å². The van der Waals surface area contributed by atoms with Crippen molar-refractivity contribution in [1.29, 1.82) is 0 Å². The minimum absolute atomic E-state index is 0.133. The lowest BCUT2D eigenvalue weighted by Gasteiger charge is -2.11. The van der Waals surface area contributed by atoms with Gasteiger partial charge in [0.25, 0.3) is 0 Å². The molecule has 2 N–H and O–H groups in total. The van der Waals surface area contributed by atoms with E-state index < -0.39 is 0 Å². The summed E-state index contributed by atoms with van der Waals surface area (Å²) < 4.78 is 0. The molecule has 0 bridgehead atoms. The van der Waals surface area contributed by atoms with Gasteiger partial charge in [0.15, 0.2) is 0 Å². The Bertz CT molecular complexity index is 782. The van der Waals surface area contributed by atoms with Crippen LogP contribution in [0.4, 0.5) is 11.5 Å². The summed E-state index contributed by atoms with van der Waals surface area (Å²) in [5.41, 5.74) is 2.06. The van der Waals surface area contributed by atoms with E-state index in [1.54, 1.807) is 11.3 Å². The summed E-state index contributed by atoms with van der Waals surface area (Å²) in [4.78, 5) is 11.2. The monoisotopic (exact) mass is 299 g/mol. The molecule has 2 aromatic heterocycles. The van der Waals surface area contributed by atoms with E-state index >= 15 is 0 Å². The number of benzene rings is 1. The van der Waals surface area contributed by atoms with Gasteiger partial charge in [-0.2, -0.15) is 0 Å². The van der Waals surface area contributed by atoms with Crippen LogP contribution in [0.1, 0.15) is 16.3 Å². The zero-order valence-electron chi connectivity index (χ0n) is 12.1. The molecular formula is C16H17N3OS. The SMILES string of the molecule is Cc1nc(Nc2ccccc2CCO)c2cc(C)sc2n1. The van der Waals surface area contributed by atoms with E-state index in [9.17, 15) is 5.11 Å². The molecule has 0 fully saturated rings. The van der Waals surface area contributed by atoms with Crippen LogP contribution in [0.25, 0.3) is 10.2 Å². The van der Waals surface area contributed by atoms with E-state index in [0.717, 1.165) is 33.1 Å². The normalized spacial score (nSPS) is 11.0. The van der Waals surface area contributed by atoms with Gasteiger partial charge in [-0.05, 0) is 38.0 Å². The Morgan fingerprint density at radius 2 is 2.00 bits per heavy atom. The highest BCUT2D eigenvalue weighted by Gasteiger charge is 2.10. The third kappa shape index (κ3) is 2.89. The molecule has 21 heavy (non-hydrogen) atoms. The van der Waals surface area contributed by atoms with Gasteiger partial charge >= 0.3 is 0 Å². The predicted molar refractivity (Wildman–Crippen MR) is 87.4 cm³/mol. The number of fused-ring (bicyclic) bond motifs is 1. The number of aliphatic hydroxyl groups is 1. The van der Waals surface area contributed by atoms with Crippen LogP contribution in [0, 0.1) is 13.8 Å². The van der Waals surface area contributed by atoms with E-state index in [4.69, 9.17) is 0 Å². The summed E-state index contributed by atoms with van der Waals surface area (Å²) in [7, 11) is 0. The van der Waals surface area contributed by atoms with Gasteiger partial charge in [0.2, 0.25) is 0 Å². The second-order valence-electron chi connectivity index (χ2n) is 4.95. The topological polar surface area (TPSA) is 58.0 Å². The van der Waals surface area contributed by atoms with Crippen LogP contribution in [0.3, 0.4) is 0 Å². The quantitative estimate of drug-likeness (QED) is 0.773. The predicted octanol–water partition coefficient (Wildman–Crippen LogP) is 3.59. The molecule has 0 radical (unpaired) electrons. The summed E-state index contributed by atoms with van der Waals surface area (Å²) >= 11 is 1.67. The number of nitrogens with zero attached hydrogens (tertiary/aromatic N) is 2. The molecule has 1 aromatic carbocycles. The maximum Gasteiger partial charge on any atom is 0.142 e. The lowest BCUT2D eigenvalue weighted by molar-refractivity contribution is 0.300. The Morgan fingerprint density at radius 1 is 1.19 bits per heavy atom. The van der Waals surface area contributed by atoms with Crippen molar-refractivity contribution in [3.63, 3.8) is 0 Å². The van der Waals surface area contributed by atoms with Crippen molar-refractivity contribution in [3.8, 4) is 0 Å². The van der Waals surface area contributed by atoms with E-state index in [2.05, 4.69) is 28.3 Å². The molecule has 0 spiro atoms. The largest absolute Gasteiger partial charge is 0.396 e. The summed E-state index contributed by atoms with van der Waals surface area (Å²) in [6, 6.07) is 10.1. The van der Waals surface area contributed by atoms with Crippen molar-refractivity contribution in [2.45, 2.75) is 20.3 Å². The first-order chi connectivity index (χ1) is 10.2. The fourth-order valence-corrected chi connectivity index (χ4v) is 3.28. The molecule has 5 heteroatoms. The molecule has 0 amide bonds. The van der Waals surface area contributed by atoms with Gasteiger partial charge in [-0.25, -0.2) is 9.97 Å². The van der Waals surface area contributed by atoms with Crippen molar-refractivity contribution < 1.29 is 5.11 Å². The molecule has 0 atom stereocenters. The Morgan fingerprint density at radius 3 is 2.81 bits per heavy atom. The average Bonchev–Trinajstić information content (AvgIpc) is 2.81. The third-order valence-corrected chi connectivity index (χ3v) is 4.22. The van der Waals surface area contributed by atoms with Crippen LogP contribution >= 0.6 is 11.3 Å². The second kappa shape index (κ2) is 5.79. The van der Waals surface area contributed by atoms with Crippen molar-refractivity contribution in [2.75, 3.05) is 11.9 Å². The van der Waals surface area contributed by atoms with Gasteiger partial charge in [0, 0.05) is 17.2 Å². The maximum absolute atomic E-state index is 9.18. The number of rotatable bonds is 4. The van der Waals surface area contributed by atoms with Crippen LogP contribution in [-0.2, 0) is 6.42 Å². The molecule has 0 aliphatic carbocycles. The van der Waals surface area contributed by atoms with Crippen molar-refractivity contribution in [1.82, 2.24) is 9.97 Å². The Hall–Kier alpha value is -1.98. The number of thiophene rings is 1. The molecule has 0 aliphatic heterocycles. The van der Waals surface area contributed by atoms with Crippen LogP contribution < -0.4 is 5.32 Å². The molecule has 0 unspecified atom stereocenters. The summed E-state index contributed by atoms with van der Waals surface area (Å²) in [5.74, 6) is 1.58. The van der Waals surface area contributed by atoms with E-state index in [0.29, 0.717) is 6.42 Å². The molecular weight excluding hydrogens is 282 g/mol. The van der Waals surface area contributed by atoms with E-state index in [-0.39, 0.29) is 6.61 Å². The number of aromatic nitrogens is 2. The number of para-hydroxylation sites is 1. The van der Waals surface area contributed by atoms with Crippen molar-refractivity contribution >= 4 is 33.1 Å². The summed E-state index contributed by atoms with van der Waals surface area (Å²) in [6.45, 7) is 4.11. The number of nitrogens with one attached hydrogen (secondary N) is 1. The number of aryl methyl sites for hydroxylation is 2. The molecule has 3 rings (SSSR count). The zero-order valence-corrected chi connectivity index (χ0v) is 12.9. The van der Waals surface area contributed by atoms with Crippen LogP contribution in [-0.4, -0.2) is 21.7 Å². The maximum atomic E-state index is 9.18. The molecule has 4 nitrogen and oxygen atoms in total. The van der Waals surface area contributed by atoms with Crippen LogP contribution in [0.5, 0.6) is 0 Å². The molecule has 0 aliphatic rings. The van der Waals surface area contributed by atoms with Gasteiger partial charge < -0.3 is 10.4 Å². The van der Waals surface area contributed by atoms with Gasteiger partial charge in [-0.15, -0.1) is 11.3 Å². The second-order valence-corrected chi connectivity index (χ2v) is 6.19. The first-order valence-electron chi connectivity index (χ1n) is 6.88. The van der Waals surface area contributed by atoms with Crippen LogP contribution in [0.2, 0.25) is 0 Å². The minimum atomic E-state index is 0.133. The number of hydrogen-bond acceptors (Lipinski definition) is 5. The van der Waals surface area contributed by atoms with Gasteiger partial charge in [0.05, 0.1) is 5.39 Å². The standard InChI is InChI=1S/C16H17N3OS/c1-10-9-13-15(17-11(2)18-16(13)21-10)19-14-6-4-3-5-12(14)7-8-20/h3-6,9,20H,7-8H2,1-2H3,(H,17,18,19). The zero-order chi connectivity index (χ0) is 14.8. The average molecular weight is 299 g/mol. The Kier molecular flexibility index (Phi) is 3.86. The molecule has 0 saturated heterocycles. The number of aliphatic hydroxyl groups excluding tert-OH is 1. The highest BCUT2D eigenvalue weighted by Crippen LogP contribution is 2.31. The van der Waals surface area contributed by atoms with Crippen molar-refractivity contribution in [2.24, 2.45) is 0 Å². The molecule has 3 aromatic rings. The van der Waals surface area contributed by atoms with Gasteiger partial charge in [-0.1, -0.05) is 18.2 Å². The molecule has 2 heterocycles. The first kappa shape index (κ1) is 14.0. The first-order valence-corrected chi connectivity index (χ1v) is 7.69. The Balaban J connectivity index is 2.05. The smallest absolute Gasteiger partial charge is 0.142 e. The van der Waals surface area contributed by atoms with E-state index in [1.807, 2.05) is 31.2 Å².